The fourth-order valence-electron chi connectivity index (χ4n) is 2.66. The summed E-state index contributed by atoms with van der Waals surface area (Å²) in [6.45, 7) is 2.15. The van der Waals surface area contributed by atoms with Crippen LogP contribution in [-0.4, -0.2) is 25.0 Å². The molecule has 1 aromatic rings. The maximum Gasteiger partial charge on any atom is 0.328 e. The Bertz CT molecular complexity index is 543. The van der Waals surface area contributed by atoms with Crippen LogP contribution in [0.3, 0.4) is 0 Å². The Morgan fingerprint density at radius 1 is 1.04 bits per heavy atom. The number of benzene rings is 1. The van der Waals surface area contributed by atoms with Crippen molar-refractivity contribution in [1.82, 2.24) is 5.32 Å². The van der Waals surface area contributed by atoms with Crippen molar-refractivity contribution in [2.45, 2.75) is 64.3 Å². The molecule has 1 aromatic carbocycles. The maximum atomic E-state index is 13.2. The molecule has 1 atom stereocenters. The number of amides is 1. The molecular formula is C19H27F2NO3. The molecule has 140 valence electrons. The zero-order valence-corrected chi connectivity index (χ0v) is 14.9. The Balaban J connectivity index is 2.50. The lowest BCUT2D eigenvalue weighted by Gasteiger charge is -2.16. The van der Waals surface area contributed by atoms with Crippen molar-refractivity contribution in [3.63, 3.8) is 0 Å². The molecule has 0 aliphatic carbocycles. The van der Waals surface area contributed by atoms with Crippen molar-refractivity contribution in [3.8, 4) is 0 Å². The summed E-state index contributed by atoms with van der Waals surface area (Å²) >= 11 is 0. The summed E-state index contributed by atoms with van der Waals surface area (Å²) in [4.78, 5) is 23.9. The molecule has 0 bridgehead atoms. The molecule has 1 N–H and O–H groups in total. The van der Waals surface area contributed by atoms with Crippen LogP contribution in [-0.2, 0) is 20.7 Å². The van der Waals surface area contributed by atoms with E-state index in [0.717, 1.165) is 43.9 Å². The summed E-state index contributed by atoms with van der Waals surface area (Å²) in [5.41, 5.74) is 0.221. The summed E-state index contributed by atoms with van der Waals surface area (Å²) in [5, 5.41) is 2.60. The lowest BCUT2D eigenvalue weighted by molar-refractivity contribution is -0.145. The standard InChI is InChI=1S/C19H27F2NO3/c1-3-4-5-6-7-8-9-17(19(24)25-2)22-18(23)12-14-10-15(20)13-16(21)11-14/h10-11,13,17H,3-9,12H2,1-2H3,(H,22,23)/t17-/m1/s1. The third kappa shape index (κ3) is 8.61. The summed E-state index contributed by atoms with van der Waals surface area (Å²) in [6.07, 6.45) is 6.70. The normalized spacial score (nSPS) is 11.8. The van der Waals surface area contributed by atoms with E-state index >= 15 is 0 Å². The van der Waals surface area contributed by atoms with Gasteiger partial charge in [0.05, 0.1) is 13.5 Å². The van der Waals surface area contributed by atoms with Gasteiger partial charge in [0.2, 0.25) is 5.91 Å². The minimum atomic E-state index is -0.737. The van der Waals surface area contributed by atoms with Gasteiger partial charge in [0.25, 0.3) is 0 Å². The molecule has 4 nitrogen and oxygen atoms in total. The van der Waals surface area contributed by atoms with Crippen molar-refractivity contribution in [2.24, 2.45) is 0 Å². The van der Waals surface area contributed by atoms with Gasteiger partial charge in [-0.05, 0) is 24.1 Å². The number of nitrogens with one attached hydrogen (secondary N) is 1. The molecule has 0 heterocycles. The minimum absolute atomic E-state index is 0.196. The third-order valence-corrected chi connectivity index (χ3v) is 3.95. The van der Waals surface area contributed by atoms with Crippen LogP contribution in [0.25, 0.3) is 0 Å². The van der Waals surface area contributed by atoms with Crippen molar-refractivity contribution < 1.29 is 23.1 Å². The molecule has 0 saturated carbocycles. The van der Waals surface area contributed by atoms with E-state index in [0.29, 0.717) is 6.42 Å². The molecule has 0 radical (unpaired) electrons. The fourth-order valence-corrected chi connectivity index (χ4v) is 2.66. The second kappa shape index (κ2) is 11.6. The van der Waals surface area contributed by atoms with Crippen LogP contribution in [0.15, 0.2) is 18.2 Å². The number of carbonyl (C=O) groups is 2. The van der Waals surface area contributed by atoms with Gasteiger partial charge in [0.1, 0.15) is 17.7 Å². The van der Waals surface area contributed by atoms with Gasteiger partial charge in [-0.3, -0.25) is 4.79 Å². The molecule has 0 unspecified atom stereocenters. The van der Waals surface area contributed by atoms with Gasteiger partial charge in [0, 0.05) is 6.07 Å². The van der Waals surface area contributed by atoms with E-state index in [2.05, 4.69) is 12.2 Å². The van der Waals surface area contributed by atoms with E-state index in [1.807, 2.05) is 0 Å². The molecule has 0 fully saturated rings. The minimum Gasteiger partial charge on any atom is -0.467 e. The number of esters is 1. The molecule has 0 spiro atoms. The van der Waals surface area contributed by atoms with Gasteiger partial charge in [-0.15, -0.1) is 0 Å². The van der Waals surface area contributed by atoms with Gasteiger partial charge >= 0.3 is 5.97 Å². The second-order valence-corrected chi connectivity index (χ2v) is 6.15. The Labute approximate surface area is 147 Å². The lowest BCUT2D eigenvalue weighted by Crippen LogP contribution is -2.42. The van der Waals surface area contributed by atoms with Gasteiger partial charge in [-0.2, -0.15) is 0 Å². The highest BCUT2D eigenvalue weighted by atomic mass is 19.1. The van der Waals surface area contributed by atoms with E-state index in [1.54, 1.807) is 0 Å². The first-order chi connectivity index (χ1) is 12.0. The fraction of sp³-hybridized carbons (Fsp3) is 0.579. The summed E-state index contributed by atoms with van der Waals surface area (Å²) in [7, 11) is 1.27. The van der Waals surface area contributed by atoms with E-state index in [1.165, 1.54) is 20.0 Å². The lowest BCUT2D eigenvalue weighted by atomic mass is 10.0. The number of methoxy groups -OCH3 is 1. The first-order valence-electron chi connectivity index (χ1n) is 8.78. The molecule has 0 saturated heterocycles. The molecule has 6 heteroatoms. The molecule has 0 aliphatic heterocycles. The van der Waals surface area contributed by atoms with Crippen LogP contribution in [0, 0.1) is 11.6 Å². The maximum absolute atomic E-state index is 13.2. The number of hydrogen-bond donors (Lipinski definition) is 1. The Morgan fingerprint density at radius 2 is 1.64 bits per heavy atom. The highest BCUT2D eigenvalue weighted by molar-refractivity contribution is 5.85. The van der Waals surface area contributed by atoms with Crippen LogP contribution in [0.1, 0.15) is 57.4 Å². The number of rotatable bonds is 11. The Kier molecular flexibility index (Phi) is 9.73. The van der Waals surface area contributed by atoms with Crippen LogP contribution in [0.5, 0.6) is 0 Å². The van der Waals surface area contributed by atoms with E-state index < -0.39 is 29.6 Å². The number of unbranched alkanes of at least 4 members (excludes halogenated alkanes) is 5. The van der Waals surface area contributed by atoms with Crippen LogP contribution < -0.4 is 5.32 Å². The smallest absolute Gasteiger partial charge is 0.328 e. The molecule has 0 aliphatic rings. The number of hydrogen-bond acceptors (Lipinski definition) is 3. The number of ether oxygens (including phenoxy) is 1. The first kappa shape index (κ1) is 21.1. The van der Waals surface area contributed by atoms with Crippen LogP contribution in [0.4, 0.5) is 8.78 Å². The van der Waals surface area contributed by atoms with E-state index in [-0.39, 0.29) is 12.0 Å². The largest absolute Gasteiger partial charge is 0.467 e. The van der Waals surface area contributed by atoms with Gasteiger partial charge < -0.3 is 10.1 Å². The van der Waals surface area contributed by atoms with Crippen molar-refractivity contribution >= 4 is 11.9 Å². The van der Waals surface area contributed by atoms with E-state index in [4.69, 9.17) is 4.74 Å². The zero-order valence-electron chi connectivity index (χ0n) is 14.9. The summed E-state index contributed by atoms with van der Waals surface area (Å²) < 4.78 is 31.1. The van der Waals surface area contributed by atoms with E-state index in [9.17, 15) is 18.4 Å². The van der Waals surface area contributed by atoms with Gasteiger partial charge in [-0.1, -0.05) is 45.4 Å². The second-order valence-electron chi connectivity index (χ2n) is 6.15. The summed E-state index contributed by atoms with van der Waals surface area (Å²) in [5.74, 6) is -2.45. The molecule has 25 heavy (non-hydrogen) atoms. The SMILES string of the molecule is CCCCCCCC[C@@H](NC(=O)Cc1cc(F)cc(F)c1)C(=O)OC. The Hall–Kier alpha value is -1.98. The first-order valence-corrected chi connectivity index (χ1v) is 8.78. The molecular weight excluding hydrogens is 328 g/mol. The van der Waals surface area contributed by atoms with Crippen LogP contribution in [0.2, 0.25) is 0 Å². The highest BCUT2D eigenvalue weighted by Gasteiger charge is 2.21. The van der Waals surface area contributed by atoms with Gasteiger partial charge in [-0.25, -0.2) is 13.6 Å². The van der Waals surface area contributed by atoms with Crippen molar-refractivity contribution in [2.75, 3.05) is 7.11 Å². The molecule has 1 rings (SSSR count). The average molecular weight is 355 g/mol. The number of halogens is 2. The quantitative estimate of drug-likeness (QED) is 0.484. The highest BCUT2D eigenvalue weighted by Crippen LogP contribution is 2.11. The Morgan fingerprint density at radius 3 is 2.24 bits per heavy atom. The van der Waals surface area contributed by atoms with Crippen LogP contribution >= 0.6 is 0 Å². The molecule has 0 aromatic heterocycles. The predicted molar refractivity (Wildman–Crippen MR) is 92.0 cm³/mol. The van der Waals surface area contributed by atoms with Crippen molar-refractivity contribution in [1.29, 1.82) is 0 Å². The van der Waals surface area contributed by atoms with Gasteiger partial charge in [0.15, 0.2) is 0 Å². The third-order valence-electron chi connectivity index (χ3n) is 3.95. The monoisotopic (exact) mass is 355 g/mol. The topological polar surface area (TPSA) is 55.4 Å². The average Bonchev–Trinajstić information content (AvgIpc) is 2.55. The van der Waals surface area contributed by atoms with Crippen molar-refractivity contribution in [3.05, 3.63) is 35.4 Å². The predicted octanol–water partition coefficient (Wildman–Crippen LogP) is 3.92. The number of carbonyl (C=O) groups excluding carboxylic acids is 2. The summed E-state index contributed by atoms with van der Waals surface area (Å²) in [6, 6.07) is 2.21. The molecule has 1 amide bonds. The zero-order chi connectivity index (χ0) is 18.7.